The van der Waals surface area contributed by atoms with E-state index >= 15 is 0 Å². The average molecular weight is 369 g/mol. The van der Waals surface area contributed by atoms with Crippen LogP contribution in [0.4, 0.5) is 5.69 Å². The van der Waals surface area contributed by atoms with Crippen molar-refractivity contribution in [1.29, 1.82) is 0 Å². The Hall–Kier alpha value is -2.66. The molecule has 0 heterocycles. The first kappa shape index (κ1) is 19.7. The Bertz CT molecular complexity index is 811. The Morgan fingerprint density at radius 1 is 1.15 bits per heavy atom. The van der Waals surface area contributed by atoms with Gasteiger partial charge in [-0.15, -0.1) is 0 Å². The Balaban J connectivity index is 2.04. The summed E-state index contributed by atoms with van der Waals surface area (Å²) < 4.78 is 5.58. The number of allylic oxidation sites excluding steroid dienone is 1. The van der Waals surface area contributed by atoms with Crippen LogP contribution in [0.5, 0.6) is 5.75 Å². The highest BCUT2D eigenvalue weighted by Gasteiger charge is 2.10. The van der Waals surface area contributed by atoms with E-state index in [0.717, 1.165) is 22.6 Å². The van der Waals surface area contributed by atoms with E-state index in [4.69, 9.17) is 17.0 Å². The van der Waals surface area contributed by atoms with Gasteiger partial charge in [0, 0.05) is 16.8 Å². The van der Waals surface area contributed by atoms with Crippen molar-refractivity contribution in [2.75, 3.05) is 5.32 Å². The molecule has 4 nitrogen and oxygen atoms in total. The molecule has 0 unspecified atom stereocenters. The summed E-state index contributed by atoms with van der Waals surface area (Å²) in [4.78, 5) is 12.4. The van der Waals surface area contributed by atoms with Crippen LogP contribution in [0.2, 0.25) is 0 Å². The van der Waals surface area contributed by atoms with Gasteiger partial charge in [0.2, 0.25) is 0 Å². The van der Waals surface area contributed by atoms with Gasteiger partial charge in [-0.2, -0.15) is 0 Å². The Labute approximate surface area is 160 Å². The molecule has 0 atom stereocenters. The molecule has 0 saturated heterocycles. The summed E-state index contributed by atoms with van der Waals surface area (Å²) in [5, 5.41) is 6.07. The van der Waals surface area contributed by atoms with Crippen LogP contribution >= 0.6 is 12.2 Å². The zero-order valence-corrected chi connectivity index (χ0v) is 16.3. The van der Waals surface area contributed by atoms with Gasteiger partial charge in [-0.25, -0.2) is 0 Å². The van der Waals surface area contributed by atoms with Gasteiger partial charge in [0.1, 0.15) is 5.75 Å². The first-order valence-electron chi connectivity index (χ1n) is 8.52. The number of nitrogens with one attached hydrogen (secondary N) is 2. The van der Waals surface area contributed by atoms with Crippen molar-refractivity contribution in [3.05, 3.63) is 65.2 Å². The lowest BCUT2D eigenvalue weighted by molar-refractivity contribution is 0.0977. The summed E-state index contributed by atoms with van der Waals surface area (Å²) in [5.74, 6) is 0.465. The maximum atomic E-state index is 12.4. The van der Waals surface area contributed by atoms with Gasteiger partial charge in [0.15, 0.2) is 5.11 Å². The van der Waals surface area contributed by atoms with Crippen LogP contribution in [0.1, 0.15) is 42.3 Å². The van der Waals surface area contributed by atoms with E-state index in [1.807, 2.05) is 58.0 Å². The van der Waals surface area contributed by atoms with E-state index in [9.17, 15) is 4.79 Å². The quantitative estimate of drug-likeness (QED) is 0.734. The standard InChI is InChI=1S/C21H24N2O2S/c1-5-7-18-15(4)8-6-9-19(18)22-21(26)23-20(24)16-10-12-17(13-11-16)25-14(2)3/h5-14H,1-4H3,(H2,22,23,24,26)/b7-5-. The van der Waals surface area contributed by atoms with Crippen molar-refractivity contribution in [3.8, 4) is 5.75 Å². The summed E-state index contributed by atoms with van der Waals surface area (Å²) in [6.07, 6.45) is 4.07. The van der Waals surface area contributed by atoms with Crippen molar-refractivity contribution in [2.24, 2.45) is 0 Å². The maximum Gasteiger partial charge on any atom is 0.257 e. The summed E-state index contributed by atoms with van der Waals surface area (Å²) >= 11 is 5.29. The maximum absolute atomic E-state index is 12.4. The fourth-order valence-electron chi connectivity index (χ4n) is 2.46. The summed E-state index contributed by atoms with van der Waals surface area (Å²) in [7, 11) is 0. The summed E-state index contributed by atoms with van der Waals surface area (Å²) in [5.41, 5.74) is 3.54. The third-order valence-corrected chi connectivity index (χ3v) is 3.83. The van der Waals surface area contributed by atoms with E-state index in [2.05, 4.69) is 10.6 Å². The third-order valence-electron chi connectivity index (χ3n) is 3.62. The fraction of sp³-hybridized carbons (Fsp3) is 0.238. The monoisotopic (exact) mass is 368 g/mol. The molecule has 2 N–H and O–H groups in total. The van der Waals surface area contributed by atoms with Gasteiger partial charge in [0.25, 0.3) is 5.91 Å². The van der Waals surface area contributed by atoms with E-state index in [1.165, 1.54) is 0 Å². The average Bonchev–Trinajstić information content (AvgIpc) is 2.58. The number of anilines is 1. The Kier molecular flexibility index (Phi) is 6.92. The van der Waals surface area contributed by atoms with Gasteiger partial charge in [-0.3, -0.25) is 10.1 Å². The van der Waals surface area contributed by atoms with Gasteiger partial charge in [-0.1, -0.05) is 24.3 Å². The summed E-state index contributed by atoms with van der Waals surface area (Å²) in [6, 6.07) is 12.9. The molecule has 136 valence electrons. The molecule has 0 aliphatic rings. The van der Waals surface area contributed by atoms with Gasteiger partial charge in [0.05, 0.1) is 6.10 Å². The SMILES string of the molecule is C/C=C\c1c(C)cccc1NC(=S)NC(=O)c1ccc(OC(C)C)cc1. The molecule has 0 spiro atoms. The lowest BCUT2D eigenvalue weighted by Gasteiger charge is -2.14. The molecule has 2 aromatic carbocycles. The van der Waals surface area contributed by atoms with E-state index in [-0.39, 0.29) is 17.1 Å². The predicted octanol–water partition coefficient (Wildman–Crippen LogP) is 4.94. The minimum absolute atomic E-state index is 0.0900. The first-order chi connectivity index (χ1) is 12.4. The fourth-order valence-corrected chi connectivity index (χ4v) is 2.67. The number of carbonyl (C=O) groups is 1. The molecule has 26 heavy (non-hydrogen) atoms. The number of thiocarbonyl (C=S) groups is 1. The third kappa shape index (κ3) is 5.43. The van der Waals surface area contributed by atoms with Crippen LogP contribution in [0.25, 0.3) is 6.08 Å². The lowest BCUT2D eigenvalue weighted by Crippen LogP contribution is -2.34. The number of aryl methyl sites for hydroxylation is 1. The molecule has 2 rings (SSSR count). The van der Waals surface area contributed by atoms with Crippen LogP contribution in [0.3, 0.4) is 0 Å². The van der Waals surface area contributed by atoms with E-state index in [0.29, 0.717) is 5.56 Å². The number of carbonyl (C=O) groups excluding carboxylic acids is 1. The molecule has 0 aromatic heterocycles. The zero-order valence-electron chi connectivity index (χ0n) is 15.5. The van der Waals surface area contributed by atoms with Crippen molar-refractivity contribution < 1.29 is 9.53 Å². The molecule has 0 radical (unpaired) electrons. The smallest absolute Gasteiger partial charge is 0.257 e. The highest BCUT2D eigenvalue weighted by atomic mass is 32.1. The van der Waals surface area contributed by atoms with E-state index in [1.54, 1.807) is 24.3 Å². The number of hydrogen-bond acceptors (Lipinski definition) is 3. The molecule has 5 heteroatoms. The number of ether oxygens (including phenoxy) is 1. The van der Waals surface area contributed by atoms with Crippen molar-refractivity contribution in [2.45, 2.75) is 33.8 Å². The van der Waals surface area contributed by atoms with Crippen LogP contribution in [0, 0.1) is 6.92 Å². The second-order valence-electron chi connectivity index (χ2n) is 6.14. The first-order valence-corrected chi connectivity index (χ1v) is 8.93. The second kappa shape index (κ2) is 9.15. The molecule has 0 bridgehead atoms. The molecule has 0 aliphatic carbocycles. The molecule has 1 amide bonds. The molecule has 0 fully saturated rings. The van der Waals surface area contributed by atoms with Gasteiger partial charge < -0.3 is 10.1 Å². The van der Waals surface area contributed by atoms with Crippen LogP contribution in [0.15, 0.2) is 48.5 Å². The minimum Gasteiger partial charge on any atom is -0.491 e. The highest BCUT2D eigenvalue weighted by Crippen LogP contribution is 2.21. The molecule has 0 aliphatic heterocycles. The van der Waals surface area contributed by atoms with Crippen LogP contribution < -0.4 is 15.4 Å². The minimum atomic E-state index is -0.265. The molecular formula is C21H24N2O2S. The molecule has 2 aromatic rings. The number of amides is 1. The number of hydrogen-bond donors (Lipinski definition) is 2. The number of rotatable bonds is 5. The molecule has 0 saturated carbocycles. The second-order valence-corrected chi connectivity index (χ2v) is 6.54. The van der Waals surface area contributed by atoms with Crippen molar-refractivity contribution in [3.63, 3.8) is 0 Å². The van der Waals surface area contributed by atoms with Crippen molar-refractivity contribution in [1.82, 2.24) is 5.32 Å². The molecular weight excluding hydrogens is 344 g/mol. The van der Waals surface area contributed by atoms with Gasteiger partial charge >= 0.3 is 0 Å². The Morgan fingerprint density at radius 3 is 2.46 bits per heavy atom. The predicted molar refractivity (Wildman–Crippen MR) is 112 cm³/mol. The lowest BCUT2D eigenvalue weighted by atomic mass is 10.1. The van der Waals surface area contributed by atoms with Crippen molar-refractivity contribution >= 4 is 35.0 Å². The summed E-state index contributed by atoms with van der Waals surface area (Å²) in [6.45, 7) is 7.90. The largest absolute Gasteiger partial charge is 0.491 e. The topological polar surface area (TPSA) is 50.4 Å². The zero-order chi connectivity index (χ0) is 19.1. The van der Waals surface area contributed by atoms with Crippen LogP contribution in [-0.4, -0.2) is 17.1 Å². The highest BCUT2D eigenvalue weighted by molar-refractivity contribution is 7.80. The Morgan fingerprint density at radius 2 is 1.85 bits per heavy atom. The number of benzene rings is 2. The normalized spacial score (nSPS) is 10.8. The van der Waals surface area contributed by atoms with Crippen LogP contribution in [-0.2, 0) is 0 Å². The van der Waals surface area contributed by atoms with E-state index < -0.39 is 0 Å². The van der Waals surface area contributed by atoms with Gasteiger partial charge in [-0.05, 0) is 75.8 Å².